The summed E-state index contributed by atoms with van der Waals surface area (Å²) in [6, 6.07) is 4.01. The van der Waals surface area contributed by atoms with Crippen molar-refractivity contribution in [3.63, 3.8) is 0 Å². The van der Waals surface area contributed by atoms with Crippen molar-refractivity contribution in [2.45, 2.75) is 25.4 Å². The van der Waals surface area contributed by atoms with Gasteiger partial charge < -0.3 is 0 Å². The molecule has 0 radical (unpaired) electrons. The predicted octanol–water partition coefficient (Wildman–Crippen LogP) is 1.75. The molecule has 2 heterocycles. The van der Waals surface area contributed by atoms with Crippen molar-refractivity contribution in [2.24, 2.45) is 0 Å². The van der Waals surface area contributed by atoms with Gasteiger partial charge in [-0.3, -0.25) is 4.40 Å². The summed E-state index contributed by atoms with van der Waals surface area (Å²) < 4.78 is 1.91. The van der Waals surface area contributed by atoms with Crippen molar-refractivity contribution < 1.29 is 0 Å². The predicted molar refractivity (Wildman–Crippen MR) is 61.2 cm³/mol. The largest absolute Gasteiger partial charge is 0.258 e. The summed E-state index contributed by atoms with van der Waals surface area (Å²) >= 11 is 1.53. The summed E-state index contributed by atoms with van der Waals surface area (Å²) in [4.78, 5) is 4.37. The molecule has 0 spiro atoms. The number of nitriles is 1. The van der Waals surface area contributed by atoms with E-state index in [1.807, 2.05) is 24.3 Å². The van der Waals surface area contributed by atoms with Crippen LogP contribution in [0.3, 0.4) is 0 Å². The molecule has 2 aromatic rings. The quantitative estimate of drug-likeness (QED) is 0.596. The summed E-state index contributed by atoms with van der Waals surface area (Å²) in [5, 5.41) is 17.5. The average Bonchev–Trinajstić information content (AvgIpc) is 2.62. The molecule has 0 aliphatic rings. The van der Waals surface area contributed by atoms with E-state index in [0.717, 1.165) is 28.1 Å². The molecule has 6 heteroatoms. The minimum atomic E-state index is 0.512. The lowest BCUT2D eigenvalue weighted by Crippen LogP contribution is -1.98. The van der Waals surface area contributed by atoms with Gasteiger partial charge in [-0.05, 0) is 13.8 Å². The number of rotatable bonds is 3. The first-order valence-electron chi connectivity index (χ1n) is 4.91. The van der Waals surface area contributed by atoms with Crippen LogP contribution in [0.5, 0.6) is 0 Å². The lowest BCUT2D eigenvalue weighted by molar-refractivity contribution is 0.854. The van der Waals surface area contributed by atoms with E-state index in [1.54, 1.807) is 0 Å². The first-order chi connectivity index (χ1) is 7.72. The average molecular weight is 233 g/mol. The van der Waals surface area contributed by atoms with E-state index in [4.69, 9.17) is 5.26 Å². The summed E-state index contributed by atoms with van der Waals surface area (Å²) in [6.45, 7) is 3.86. The van der Waals surface area contributed by atoms with Crippen LogP contribution in [-0.2, 0) is 0 Å². The molecule has 0 aliphatic carbocycles. The highest BCUT2D eigenvalue weighted by Gasteiger charge is 2.09. The molecule has 0 saturated heterocycles. The van der Waals surface area contributed by atoms with Crippen molar-refractivity contribution in [2.75, 3.05) is 5.75 Å². The van der Waals surface area contributed by atoms with Crippen molar-refractivity contribution in [3.8, 4) is 6.07 Å². The van der Waals surface area contributed by atoms with E-state index >= 15 is 0 Å². The van der Waals surface area contributed by atoms with Crippen molar-refractivity contribution in [1.29, 1.82) is 5.26 Å². The molecule has 2 aromatic heterocycles. The fourth-order valence-electron chi connectivity index (χ4n) is 1.48. The van der Waals surface area contributed by atoms with Gasteiger partial charge in [-0.15, -0.1) is 10.2 Å². The molecule has 16 heavy (non-hydrogen) atoms. The van der Waals surface area contributed by atoms with Crippen LogP contribution in [0.4, 0.5) is 0 Å². The van der Waals surface area contributed by atoms with Crippen molar-refractivity contribution in [3.05, 3.63) is 17.6 Å². The molecule has 0 amide bonds. The van der Waals surface area contributed by atoms with E-state index in [1.165, 1.54) is 11.8 Å². The van der Waals surface area contributed by atoms with Crippen LogP contribution < -0.4 is 0 Å². The van der Waals surface area contributed by atoms with Gasteiger partial charge in [0.15, 0.2) is 10.8 Å². The highest BCUT2D eigenvalue weighted by molar-refractivity contribution is 7.99. The van der Waals surface area contributed by atoms with E-state index in [9.17, 15) is 0 Å². The van der Waals surface area contributed by atoms with Crippen LogP contribution in [0.1, 0.15) is 17.9 Å². The second-order valence-electron chi connectivity index (χ2n) is 3.38. The Morgan fingerprint density at radius 3 is 3.00 bits per heavy atom. The number of nitrogens with zero attached hydrogens (tertiary/aromatic N) is 5. The number of aryl methyl sites for hydroxylation is 2. The number of hydrogen-bond acceptors (Lipinski definition) is 5. The minimum absolute atomic E-state index is 0.512. The molecule has 0 N–H and O–H groups in total. The lowest BCUT2D eigenvalue weighted by Gasteiger charge is -2.02. The van der Waals surface area contributed by atoms with Crippen LogP contribution in [-0.4, -0.2) is 25.3 Å². The fourth-order valence-corrected chi connectivity index (χ4v) is 2.31. The summed E-state index contributed by atoms with van der Waals surface area (Å²) in [5.74, 6) is 1.60. The normalized spacial score (nSPS) is 10.6. The monoisotopic (exact) mass is 233 g/mol. The zero-order valence-corrected chi connectivity index (χ0v) is 9.95. The molecule has 0 aliphatic heterocycles. The summed E-state index contributed by atoms with van der Waals surface area (Å²) in [7, 11) is 0. The number of aromatic nitrogens is 4. The van der Waals surface area contributed by atoms with Gasteiger partial charge in [0.05, 0.1) is 6.07 Å². The van der Waals surface area contributed by atoms with Crippen LogP contribution in [0.25, 0.3) is 5.65 Å². The van der Waals surface area contributed by atoms with Gasteiger partial charge in [0.2, 0.25) is 0 Å². The number of fused-ring (bicyclic) bond motifs is 1. The molecule has 0 atom stereocenters. The second-order valence-corrected chi connectivity index (χ2v) is 4.44. The molecular formula is C10H11N5S. The summed E-state index contributed by atoms with van der Waals surface area (Å²) in [5.41, 5.74) is 1.75. The first-order valence-corrected chi connectivity index (χ1v) is 5.90. The topological polar surface area (TPSA) is 66.9 Å². The highest BCUT2D eigenvalue weighted by Crippen LogP contribution is 2.18. The molecule has 0 fully saturated rings. The summed E-state index contributed by atoms with van der Waals surface area (Å²) in [6.07, 6.45) is 0.512. The van der Waals surface area contributed by atoms with E-state index in [2.05, 4.69) is 21.3 Å². The molecule has 0 aromatic carbocycles. The maximum Gasteiger partial charge on any atom is 0.197 e. The Morgan fingerprint density at radius 1 is 1.44 bits per heavy atom. The third-order valence-electron chi connectivity index (χ3n) is 2.10. The zero-order valence-electron chi connectivity index (χ0n) is 9.14. The van der Waals surface area contributed by atoms with Gasteiger partial charge in [-0.1, -0.05) is 11.8 Å². The standard InChI is InChI=1S/C10H11N5S/c1-7-6-9-13-14-10(16-5-3-4-11)15(9)8(2)12-7/h6H,3,5H2,1-2H3. The Hall–Kier alpha value is -1.61. The molecule has 0 saturated carbocycles. The first kappa shape index (κ1) is 10.9. The maximum atomic E-state index is 8.48. The second kappa shape index (κ2) is 4.49. The van der Waals surface area contributed by atoms with Crippen LogP contribution >= 0.6 is 11.8 Å². The lowest BCUT2D eigenvalue weighted by atomic mass is 10.4. The Labute approximate surface area is 97.5 Å². The number of hydrogen-bond donors (Lipinski definition) is 0. The molecule has 2 rings (SSSR count). The van der Waals surface area contributed by atoms with Crippen LogP contribution in [0.15, 0.2) is 11.2 Å². The van der Waals surface area contributed by atoms with Gasteiger partial charge in [0.25, 0.3) is 0 Å². The van der Waals surface area contributed by atoms with Crippen molar-refractivity contribution >= 4 is 17.4 Å². The highest BCUT2D eigenvalue weighted by atomic mass is 32.2. The van der Waals surface area contributed by atoms with Gasteiger partial charge in [0.1, 0.15) is 5.82 Å². The molecular weight excluding hydrogens is 222 g/mol. The zero-order chi connectivity index (χ0) is 11.5. The van der Waals surface area contributed by atoms with Crippen LogP contribution in [0, 0.1) is 25.2 Å². The van der Waals surface area contributed by atoms with Crippen molar-refractivity contribution in [1.82, 2.24) is 19.6 Å². The molecule has 0 bridgehead atoms. The maximum absolute atomic E-state index is 8.48. The Bertz CT molecular complexity index is 554. The Balaban J connectivity index is 2.37. The molecule has 82 valence electrons. The Morgan fingerprint density at radius 2 is 2.25 bits per heavy atom. The third kappa shape index (κ3) is 1.99. The van der Waals surface area contributed by atoms with Gasteiger partial charge in [0, 0.05) is 23.9 Å². The molecule has 0 unspecified atom stereocenters. The van der Waals surface area contributed by atoms with Gasteiger partial charge in [-0.25, -0.2) is 4.98 Å². The smallest absolute Gasteiger partial charge is 0.197 e. The molecule has 5 nitrogen and oxygen atoms in total. The SMILES string of the molecule is Cc1cc2nnc(SCCC#N)n2c(C)n1. The third-order valence-corrected chi connectivity index (χ3v) is 3.03. The van der Waals surface area contributed by atoms with Crippen LogP contribution in [0.2, 0.25) is 0 Å². The van der Waals surface area contributed by atoms with E-state index in [-0.39, 0.29) is 0 Å². The Kier molecular flexibility index (Phi) is 3.06. The van der Waals surface area contributed by atoms with Gasteiger partial charge >= 0.3 is 0 Å². The number of thioether (sulfide) groups is 1. The van der Waals surface area contributed by atoms with E-state index in [0.29, 0.717) is 6.42 Å². The fraction of sp³-hybridized carbons (Fsp3) is 0.400. The van der Waals surface area contributed by atoms with E-state index < -0.39 is 0 Å². The van der Waals surface area contributed by atoms with Gasteiger partial charge in [-0.2, -0.15) is 5.26 Å². The minimum Gasteiger partial charge on any atom is -0.258 e.